The van der Waals surface area contributed by atoms with Crippen LogP contribution in [0.5, 0.6) is 5.75 Å². The van der Waals surface area contributed by atoms with Crippen molar-refractivity contribution in [2.75, 3.05) is 0 Å². The zero-order valence-corrected chi connectivity index (χ0v) is 11.6. The lowest BCUT2D eigenvalue weighted by molar-refractivity contribution is 0.300. The maximum absolute atomic E-state index is 11.6. The van der Waals surface area contributed by atoms with Crippen LogP contribution in [0.4, 0.5) is 0 Å². The Labute approximate surface area is 113 Å². The molecule has 0 saturated carbocycles. The van der Waals surface area contributed by atoms with E-state index in [2.05, 4.69) is 9.97 Å². The van der Waals surface area contributed by atoms with E-state index < -0.39 is 0 Å². The quantitative estimate of drug-likeness (QED) is 0.919. The molecule has 2 rings (SSSR count). The summed E-state index contributed by atoms with van der Waals surface area (Å²) in [6, 6.07) is 9.70. The summed E-state index contributed by atoms with van der Waals surface area (Å²) < 4.78 is 5.42. The second-order valence-electron chi connectivity index (χ2n) is 3.65. The summed E-state index contributed by atoms with van der Waals surface area (Å²) in [7, 11) is 0. The zero-order valence-electron chi connectivity index (χ0n) is 11.6. The van der Waals surface area contributed by atoms with Crippen molar-refractivity contribution in [1.82, 2.24) is 9.97 Å². The minimum absolute atomic E-state index is 0.229. The Balaban J connectivity index is 0.000000861. The molecule has 4 heteroatoms. The third kappa shape index (κ3) is 4.58. The highest BCUT2D eigenvalue weighted by Crippen LogP contribution is 2.05. The van der Waals surface area contributed by atoms with E-state index in [9.17, 15) is 4.79 Å². The average molecular weight is 260 g/mol. The SMILES string of the molecule is CC.CCc1ncc(OCc2ccccc2)c(=O)[nH]1. The van der Waals surface area contributed by atoms with Crippen LogP contribution >= 0.6 is 0 Å². The summed E-state index contributed by atoms with van der Waals surface area (Å²) in [5.74, 6) is 0.924. The first-order valence-electron chi connectivity index (χ1n) is 6.54. The summed E-state index contributed by atoms with van der Waals surface area (Å²) in [5.41, 5.74) is 0.791. The Bertz CT molecular complexity index is 535. The Hall–Kier alpha value is -2.10. The fourth-order valence-electron chi connectivity index (χ4n) is 1.44. The number of H-pyrrole nitrogens is 1. The third-order valence-electron chi connectivity index (χ3n) is 2.39. The molecular formula is C15H20N2O2. The smallest absolute Gasteiger partial charge is 0.293 e. The van der Waals surface area contributed by atoms with Gasteiger partial charge < -0.3 is 9.72 Å². The molecule has 1 heterocycles. The van der Waals surface area contributed by atoms with Crippen molar-refractivity contribution in [1.29, 1.82) is 0 Å². The van der Waals surface area contributed by atoms with Gasteiger partial charge in [-0.15, -0.1) is 0 Å². The Morgan fingerprint density at radius 1 is 1.21 bits per heavy atom. The van der Waals surface area contributed by atoms with Gasteiger partial charge in [-0.2, -0.15) is 0 Å². The Kier molecular flexibility index (Phi) is 6.36. The zero-order chi connectivity index (χ0) is 14.1. The van der Waals surface area contributed by atoms with Crippen LogP contribution in [0, 0.1) is 0 Å². The molecule has 0 aliphatic heterocycles. The molecule has 1 aromatic heterocycles. The van der Waals surface area contributed by atoms with Crippen molar-refractivity contribution in [2.45, 2.75) is 33.8 Å². The maximum atomic E-state index is 11.6. The molecule has 0 bridgehead atoms. The summed E-state index contributed by atoms with van der Waals surface area (Å²) in [6.45, 7) is 6.31. The number of nitrogens with zero attached hydrogens (tertiary/aromatic N) is 1. The Morgan fingerprint density at radius 3 is 2.47 bits per heavy atom. The van der Waals surface area contributed by atoms with E-state index in [1.807, 2.05) is 51.1 Å². The van der Waals surface area contributed by atoms with Crippen molar-refractivity contribution in [3.05, 3.63) is 58.3 Å². The average Bonchev–Trinajstić information content (AvgIpc) is 2.49. The van der Waals surface area contributed by atoms with E-state index in [1.54, 1.807) is 0 Å². The first-order valence-corrected chi connectivity index (χ1v) is 6.54. The molecule has 1 N–H and O–H groups in total. The van der Waals surface area contributed by atoms with Gasteiger partial charge in [-0.05, 0) is 5.56 Å². The van der Waals surface area contributed by atoms with Crippen LogP contribution in [0.1, 0.15) is 32.2 Å². The summed E-state index contributed by atoms with van der Waals surface area (Å²) in [4.78, 5) is 18.4. The second-order valence-corrected chi connectivity index (χ2v) is 3.65. The molecular weight excluding hydrogens is 240 g/mol. The molecule has 2 aromatic rings. The molecule has 4 nitrogen and oxygen atoms in total. The lowest BCUT2D eigenvalue weighted by atomic mass is 10.2. The molecule has 0 spiro atoms. The number of aromatic amines is 1. The monoisotopic (exact) mass is 260 g/mol. The van der Waals surface area contributed by atoms with Gasteiger partial charge in [0.2, 0.25) is 5.75 Å². The van der Waals surface area contributed by atoms with Crippen LogP contribution in [0.25, 0.3) is 0 Å². The van der Waals surface area contributed by atoms with Gasteiger partial charge >= 0.3 is 0 Å². The van der Waals surface area contributed by atoms with Crippen molar-refractivity contribution in [3.8, 4) is 5.75 Å². The molecule has 0 saturated heterocycles. The standard InChI is InChI=1S/C13H14N2O2.C2H6/c1-2-12-14-8-11(13(16)15-12)17-9-10-6-4-3-5-7-10;1-2/h3-8H,2,9H2,1H3,(H,14,15,16);1-2H3. The summed E-state index contributed by atoms with van der Waals surface area (Å²) in [6.07, 6.45) is 2.18. The largest absolute Gasteiger partial charge is 0.482 e. The van der Waals surface area contributed by atoms with Crippen molar-refractivity contribution in [3.63, 3.8) is 0 Å². The number of aromatic nitrogens is 2. The van der Waals surface area contributed by atoms with Crippen LogP contribution in [0.15, 0.2) is 41.3 Å². The van der Waals surface area contributed by atoms with Crippen LogP contribution < -0.4 is 10.3 Å². The third-order valence-corrected chi connectivity index (χ3v) is 2.39. The molecule has 0 radical (unpaired) electrons. The maximum Gasteiger partial charge on any atom is 0.293 e. The van der Waals surface area contributed by atoms with Crippen molar-refractivity contribution < 1.29 is 4.74 Å². The van der Waals surface area contributed by atoms with Crippen LogP contribution in [0.2, 0.25) is 0 Å². The minimum atomic E-state index is -0.229. The highest BCUT2D eigenvalue weighted by molar-refractivity contribution is 5.17. The van der Waals surface area contributed by atoms with Gasteiger partial charge in [-0.3, -0.25) is 4.79 Å². The van der Waals surface area contributed by atoms with Crippen molar-refractivity contribution in [2.24, 2.45) is 0 Å². The van der Waals surface area contributed by atoms with Gasteiger partial charge in [0.1, 0.15) is 12.4 Å². The molecule has 0 fully saturated rings. The number of aryl methyl sites for hydroxylation is 1. The predicted molar refractivity (Wildman–Crippen MR) is 76.4 cm³/mol. The molecule has 0 atom stereocenters. The van der Waals surface area contributed by atoms with E-state index in [0.717, 1.165) is 5.56 Å². The predicted octanol–water partition coefficient (Wildman–Crippen LogP) is 2.94. The van der Waals surface area contributed by atoms with E-state index in [0.29, 0.717) is 18.9 Å². The van der Waals surface area contributed by atoms with Crippen molar-refractivity contribution >= 4 is 0 Å². The molecule has 19 heavy (non-hydrogen) atoms. The fourth-order valence-corrected chi connectivity index (χ4v) is 1.44. The lowest BCUT2D eigenvalue weighted by Crippen LogP contribution is -2.14. The highest BCUT2D eigenvalue weighted by atomic mass is 16.5. The molecule has 0 aliphatic rings. The second kappa shape index (κ2) is 8.08. The van der Waals surface area contributed by atoms with Gasteiger partial charge in [0, 0.05) is 6.42 Å². The number of hydrogen-bond donors (Lipinski definition) is 1. The molecule has 0 unspecified atom stereocenters. The van der Waals surface area contributed by atoms with E-state index in [4.69, 9.17) is 4.74 Å². The fraction of sp³-hybridized carbons (Fsp3) is 0.333. The molecule has 0 aliphatic carbocycles. The number of benzene rings is 1. The number of hydrogen-bond acceptors (Lipinski definition) is 3. The van der Waals surface area contributed by atoms with E-state index in [1.165, 1.54) is 6.20 Å². The van der Waals surface area contributed by atoms with E-state index >= 15 is 0 Å². The number of nitrogens with one attached hydrogen (secondary N) is 1. The van der Waals surface area contributed by atoms with Crippen LogP contribution in [-0.4, -0.2) is 9.97 Å². The minimum Gasteiger partial charge on any atom is -0.482 e. The number of rotatable bonds is 4. The van der Waals surface area contributed by atoms with Crippen LogP contribution in [0.3, 0.4) is 0 Å². The number of ether oxygens (including phenoxy) is 1. The normalized spacial score (nSPS) is 9.42. The van der Waals surface area contributed by atoms with E-state index in [-0.39, 0.29) is 11.3 Å². The van der Waals surface area contributed by atoms with Gasteiger partial charge in [-0.1, -0.05) is 51.1 Å². The summed E-state index contributed by atoms with van der Waals surface area (Å²) in [5, 5.41) is 0. The molecule has 0 amide bonds. The topological polar surface area (TPSA) is 55.0 Å². The summed E-state index contributed by atoms with van der Waals surface area (Å²) >= 11 is 0. The lowest BCUT2D eigenvalue weighted by Gasteiger charge is -2.05. The van der Waals surface area contributed by atoms with Gasteiger partial charge in [0.25, 0.3) is 5.56 Å². The van der Waals surface area contributed by atoms with Gasteiger partial charge in [0.05, 0.1) is 6.20 Å². The molecule has 102 valence electrons. The van der Waals surface area contributed by atoms with Crippen LogP contribution in [-0.2, 0) is 13.0 Å². The van der Waals surface area contributed by atoms with Gasteiger partial charge in [-0.25, -0.2) is 4.98 Å². The molecule has 1 aromatic carbocycles. The first kappa shape index (κ1) is 15.0. The first-order chi connectivity index (χ1) is 9.29. The van der Waals surface area contributed by atoms with Gasteiger partial charge in [0.15, 0.2) is 0 Å². The Morgan fingerprint density at radius 2 is 1.89 bits per heavy atom. The highest BCUT2D eigenvalue weighted by Gasteiger charge is 2.02.